The van der Waals surface area contributed by atoms with Crippen molar-refractivity contribution in [3.8, 4) is 0 Å². The van der Waals surface area contributed by atoms with Crippen molar-refractivity contribution in [2.24, 2.45) is 0 Å². The molecule has 4 aromatic rings. The van der Waals surface area contributed by atoms with Crippen molar-refractivity contribution < 1.29 is 9.21 Å². The fourth-order valence-corrected chi connectivity index (χ4v) is 4.50. The smallest absolute Gasteiger partial charge is 0.291 e. The maximum Gasteiger partial charge on any atom is 0.291 e. The highest BCUT2D eigenvalue weighted by atomic mass is 32.1. The first-order valence-corrected chi connectivity index (χ1v) is 9.56. The average Bonchev–Trinajstić information content (AvgIpc) is 3.31. The quantitative estimate of drug-likeness (QED) is 0.527. The van der Waals surface area contributed by atoms with E-state index in [1.54, 1.807) is 23.1 Å². The maximum atomic E-state index is 13.2. The van der Waals surface area contributed by atoms with Crippen LogP contribution in [0.1, 0.15) is 32.6 Å². The molecular formula is C22H15NO3S. The maximum absolute atomic E-state index is 13.2. The predicted molar refractivity (Wildman–Crippen MR) is 105 cm³/mol. The highest BCUT2D eigenvalue weighted by Gasteiger charge is 2.43. The van der Waals surface area contributed by atoms with Gasteiger partial charge in [0.25, 0.3) is 5.91 Å². The largest absolute Gasteiger partial charge is 0.450 e. The Balaban J connectivity index is 1.73. The number of thiophene rings is 1. The first-order chi connectivity index (χ1) is 13.2. The van der Waals surface area contributed by atoms with Gasteiger partial charge >= 0.3 is 0 Å². The zero-order valence-corrected chi connectivity index (χ0v) is 15.1. The Bertz CT molecular complexity index is 1200. The number of benzene rings is 2. The molecule has 3 heterocycles. The lowest BCUT2D eigenvalue weighted by Crippen LogP contribution is -2.28. The van der Waals surface area contributed by atoms with E-state index in [1.165, 1.54) is 11.3 Å². The summed E-state index contributed by atoms with van der Waals surface area (Å²) < 4.78 is 5.91. The van der Waals surface area contributed by atoms with Crippen LogP contribution in [0.15, 0.2) is 81.3 Å². The first kappa shape index (κ1) is 16.0. The molecule has 0 spiro atoms. The van der Waals surface area contributed by atoms with Crippen molar-refractivity contribution in [1.82, 2.24) is 4.90 Å². The Morgan fingerprint density at radius 2 is 1.70 bits per heavy atom. The predicted octanol–water partition coefficient (Wildman–Crippen LogP) is 4.60. The van der Waals surface area contributed by atoms with Crippen molar-refractivity contribution in [3.05, 3.63) is 104 Å². The minimum absolute atomic E-state index is 0.130. The van der Waals surface area contributed by atoms with E-state index in [0.717, 1.165) is 10.4 Å². The van der Waals surface area contributed by atoms with Crippen LogP contribution in [-0.4, -0.2) is 10.8 Å². The molecular weight excluding hydrogens is 358 g/mol. The number of para-hydroxylation sites is 1. The van der Waals surface area contributed by atoms with Crippen molar-refractivity contribution in [2.45, 2.75) is 12.6 Å². The number of amides is 1. The molecule has 1 amide bonds. The van der Waals surface area contributed by atoms with Gasteiger partial charge in [-0.3, -0.25) is 9.59 Å². The van der Waals surface area contributed by atoms with Gasteiger partial charge in [-0.25, -0.2) is 0 Å². The molecule has 27 heavy (non-hydrogen) atoms. The number of hydrogen-bond acceptors (Lipinski definition) is 4. The average molecular weight is 373 g/mol. The van der Waals surface area contributed by atoms with Crippen molar-refractivity contribution in [1.29, 1.82) is 0 Å². The number of nitrogens with zero attached hydrogens (tertiary/aromatic N) is 1. The second-order valence-electron chi connectivity index (χ2n) is 6.51. The Labute approximate surface area is 159 Å². The third kappa shape index (κ3) is 2.51. The molecule has 0 aliphatic carbocycles. The van der Waals surface area contributed by atoms with Crippen LogP contribution in [0.5, 0.6) is 0 Å². The summed E-state index contributed by atoms with van der Waals surface area (Å²) in [5.41, 5.74) is 1.77. The fourth-order valence-electron chi connectivity index (χ4n) is 3.65. The molecule has 2 aromatic carbocycles. The lowest BCUT2D eigenvalue weighted by atomic mass is 10.0. The molecule has 0 fully saturated rings. The first-order valence-electron chi connectivity index (χ1n) is 8.68. The third-order valence-electron chi connectivity index (χ3n) is 4.88. The van der Waals surface area contributed by atoms with E-state index in [0.29, 0.717) is 23.1 Å². The molecule has 132 valence electrons. The van der Waals surface area contributed by atoms with Crippen LogP contribution in [0.3, 0.4) is 0 Å². The normalized spacial score (nSPS) is 16.1. The van der Waals surface area contributed by atoms with E-state index in [4.69, 9.17) is 4.42 Å². The summed E-state index contributed by atoms with van der Waals surface area (Å²) in [7, 11) is 0. The number of fused-ring (bicyclic) bond motifs is 2. The van der Waals surface area contributed by atoms with Crippen LogP contribution in [0.2, 0.25) is 0 Å². The number of hydrogen-bond donors (Lipinski definition) is 0. The van der Waals surface area contributed by atoms with Crippen LogP contribution < -0.4 is 5.43 Å². The molecule has 0 bridgehead atoms. The lowest BCUT2D eigenvalue weighted by Gasteiger charge is -2.24. The van der Waals surface area contributed by atoms with Gasteiger partial charge in [-0.2, -0.15) is 0 Å². The summed E-state index contributed by atoms with van der Waals surface area (Å²) in [6.07, 6.45) is 0. The van der Waals surface area contributed by atoms with Gasteiger partial charge in [-0.1, -0.05) is 48.5 Å². The molecule has 1 atom stereocenters. The van der Waals surface area contributed by atoms with Gasteiger partial charge in [-0.15, -0.1) is 11.3 Å². The molecule has 1 unspecified atom stereocenters. The standard InChI is InChI=1S/C22H15NO3S/c24-20-15-9-4-5-10-16(15)26-21-18(20)19(17-11-6-12-27-17)23(22(21)25)13-14-7-2-1-3-8-14/h1-12,19H,13H2. The van der Waals surface area contributed by atoms with E-state index in [1.807, 2.05) is 53.9 Å². The monoisotopic (exact) mass is 373 g/mol. The molecule has 4 nitrogen and oxygen atoms in total. The van der Waals surface area contributed by atoms with Crippen LogP contribution >= 0.6 is 11.3 Å². The molecule has 5 heteroatoms. The van der Waals surface area contributed by atoms with Crippen LogP contribution in [-0.2, 0) is 6.54 Å². The van der Waals surface area contributed by atoms with Gasteiger partial charge in [0.15, 0.2) is 5.43 Å². The van der Waals surface area contributed by atoms with Gasteiger partial charge in [0.2, 0.25) is 5.76 Å². The summed E-state index contributed by atoms with van der Waals surface area (Å²) in [5, 5.41) is 2.47. The minimum atomic E-state index is -0.423. The summed E-state index contributed by atoms with van der Waals surface area (Å²) >= 11 is 1.54. The second kappa shape index (κ2) is 6.21. The van der Waals surface area contributed by atoms with Crippen LogP contribution in [0.25, 0.3) is 11.0 Å². The van der Waals surface area contributed by atoms with Gasteiger partial charge < -0.3 is 9.32 Å². The van der Waals surface area contributed by atoms with Crippen molar-refractivity contribution in [2.75, 3.05) is 0 Å². The molecule has 1 aliphatic heterocycles. The molecule has 0 N–H and O–H groups in total. The van der Waals surface area contributed by atoms with E-state index in [9.17, 15) is 9.59 Å². The Kier molecular flexibility index (Phi) is 3.69. The van der Waals surface area contributed by atoms with Gasteiger partial charge in [-0.05, 0) is 29.1 Å². The fraction of sp³-hybridized carbons (Fsp3) is 0.0909. The molecule has 5 rings (SSSR count). The summed E-state index contributed by atoms with van der Waals surface area (Å²) in [6.45, 7) is 0.419. The van der Waals surface area contributed by atoms with Crippen LogP contribution in [0.4, 0.5) is 0 Å². The molecule has 2 aromatic heterocycles. The van der Waals surface area contributed by atoms with Gasteiger partial charge in [0.05, 0.1) is 10.9 Å². The van der Waals surface area contributed by atoms with E-state index in [2.05, 4.69) is 0 Å². The zero-order chi connectivity index (χ0) is 18.4. The highest BCUT2D eigenvalue weighted by Crippen LogP contribution is 2.40. The Hall–Kier alpha value is -3.18. The lowest BCUT2D eigenvalue weighted by molar-refractivity contribution is 0.0716. The van der Waals surface area contributed by atoms with E-state index in [-0.39, 0.29) is 17.1 Å². The Morgan fingerprint density at radius 1 is 0.926 bits per heavy atom. The molecule has 0 radical (unpaired) electrons. The summed E-state index contributed by atoms with van der Waals surface area (Å²) in [5.74, 6) is -0.0804. The number of carbonyl (C=O) groups excluding carboxylic acids is 1. The Morgan fingerprint density at radius 3 is 2.48 bits per heavy atom. The SMILES string of the molecule is O=C1c2oc3ccccc3c(=O)c2C(c2cccs2)N1Cc1ccccc1. The number of rotatable bonds is 3. The topological polar surface area (TPSA) is 50.5 Å². The molecule has 0 saturated carbocycles. The molecule has 0 saturated heterocycles. The summed E-state index contributed by atoms with van der Waals surface area (Å²) in [6, 6.07) is 20.4. The second-order valence-corrected chi connectivity index (χ2v) is 7.49. The van der Waals surface area contributed by atoms with E-state index < -0.39 is 6.04 Å². The van der Waals surface area contributed by atoms with E-state index >= 15 is 0 Å². The highest BCUT2D eigenvalue weighted by molar-refractivity contribution is 7.10. The third-order valence-corrected chi connectivity index (χ3v) is 5.81. The molecule has 1 aliphatic rings. The summed E-state index contributed by atoms with van der Waals surface area (Å²) in [4.78, 5) is 29.1. The van der Waals surface area contributed by atoms with Gasteiger partial charge in [0, 0.05) is 11.4 Å². The van der Waals surface area contributed by atoms with Crippen molar-refractivity contribution in [3.63, 3.8) is 0 Å². The minimum Gasteiger partial charge on any atom is -0.450 e. The zero-order valence-electron chi connectivity index (χ0n) is 14.3. The van der Waals surface area contributed by atoms with Crippen LogP contribution in [0, 0.1) is 0 Å². The number of carbonyl (C=O) groups is 1. The van der Waals surface area contributed by atoms with Gasteiger partial charge in [0.1, 0.15) is 11.6 Å². The van der Waals surface area contributed by atoms with Crippen molar-refractivity contribution >= 4 is 28.2 Å².